The zero-order chi connectivity index (χ0) is 35.3. The maximum atomic E-state index is 13.0. The van der Waals surface area contributed by atoms with E-state index in [-0.39, 0.29) is 37.3 Å². The molecule has 262 valence electrons. The first kappa shape index (κ1) is 37.0. The third-order valence-electron chi connectivity index (χ3n) is 7.60. The van der Waals surface area contributed by atoms with Crippen LogP contribution in [0.1, 0.15) is 27.1 Å². The molecule has 4 rings (SSSR count). The molecule has 0 atom stereocenters. The number of ether oxygens (including phenoxy) is 4. The second-order valence-corrected chi connectivity index (χ2v) is 11.5. The number of benzene rings is 3. The molecule has 2 N–H and O–H groups in total. The Bertz CT molecular complexity index is 1800. The molecular formula is C36H43N3O10. The zero-order valence-electron chi connectivity index (χ0n) is 28.3. The molecule has 0 unspecified atom stereocenters. The Morgan fingerprint density at radius 2 is 1.45 bits per heavy atom. The van der Waals surface area contributed by atoms with Gasteiger partial charge in [0, 0.05) is 66.1 Å². The Balaban J connectivity index is 1.37. The minimum atomic E-state index is -1.40. The largest absolute Gasteiger partial charge is 0.545 e. The highest BCUT2D eigenvalue weighted by molar-refractivity contribution is 6.09. The Hall–Kier alpha value is -4.82. The van der Waals surface area contributed by atoms with Gasteiger partial charge in [-0.1, -0.05) is 6.07 Å². The average Bonchev–Trinajstić information content (AvgIpc) is 3.07. The van der Waals surface area contributed by atoms with Gasteiger partial charge in [0.2, 0.25) is 5.36 Å². The van der Waals surface area contributed by atoms with Gasteiger partial charge in [-0.2, -0.15) is 0 Å². The third-order valence-corrected chi connectivity index (χ3v) is 7.60. The minimum Gasteiger partial charge on any atom is -0.545 e. The number of carboxylic acids is 2. The molecular weight excluding hydrogens is 634 g/mol. The lowest BCUT2D eigenvalue weighted by molar-refractivity contribution is -0.254. The minimum absolute atomic E-state index is 0.0398. The topological polar surface area (TPSA) is 163 Å². The van der Waals surface area contributed by atoms with E-state index in [1.807, 2.05) is 74.1 Å². The van der Waals surface area contributed by atoms with Crippen molar-refractivity contribution in [3.05, 3.63) is 71.1 Å². The maximum absolute atomic E-state index is 13.0. The van der Waals surface area contributed by atoms with Crippen LogP contribution in [0.3, 0.4) is 0 Å². The second kappa shape index (κ2) is 18.1. The first-order valence-corrected chi connectivity index (χ1v) is 15.9. The Labute approximate surface area is 284 Å². The predicted octanol–water partition coefficient (Wildman–Crippen LogP) is 1.94. The fourth-order valence-electron chi connectivity index (χ4n) is 5.05. The third kappa shape index (κ3) is 10.3. The number of aliphatic carboxylic acids is 1. The van der Waals surface area contributed by atoms with E-state index >= 15 is 0 Å². The Morgan fingerprint density at radius 1 is 0.816 bits per heavy atom. The van der Waals surface area contributed by atoms with Crippen LogP contribution in [0.4, 0.5) is 5.69 Å². The van der Waals surface area contributed by atoms with E-state index in [1.54, 1.807) is 12.1 Å². The molecule has 13 nitrogen and oxygen atoms in total. The standard InChI is InChI=1S/C36H43N3O10/c1-38(2)25-6-9-28-31(22-25)49-32-23-26(39(3)4)7-10-29(32)34(28)27-8-5-24(21-30(27)36(43)44)35(42)37-12-14-46-16-18-48-20-19-47-17-15-45-13-11-33(40)41/h5-10,21-23H,11-20H2,1-4H3,(H2-,37,40,41,42,43,44). The Morgan fingerprint density at radius 3 is 2.06 bits per heavy atom. The number of anilines is 1. The van der Waals surface area contributed by atoms with E-state index in [0.717, 1.165) is 22.0 Å². The van der Waals surface area contributed by atoms with E-state index in [0.29, 0.717) is 62.1 Å². The van der Waals surface area contributed by atoms with Crippen LogP contribution in [0.15, 0.2) is 59.0 Å². The van der Waals surface area contributed by atoms with Gasteiger partial charge in [0.25, 0.3) is 5.91 Å². The summed E-state index contributed by atoms with van der Waals surface area (Å²) in [6.07, 6.45) is -0.0398. The van der Waals surface area contributed by atoms with Crippen molar-refractivity contribution in [2.24, 2.45) is 0 Å². The van der Waals surface area contributed by atoms with Crippen LogP contribution in [-0.2, 0) is 23.7 Å². The van der Waals surface area contributed by atoms with Gasteiger partial charge in [-0.25, -0.2) is 4.58 Å². The number of carbonyl (C=O) groups excluding carboxylic acids is 2. The van der Waals surface area contributed by atoms with Gasteiger partial charge >= 0.3 is 5.97 Å². The number of carbonyl (C=O) groups is 3. The molecule has 2 aromatic carbocycles. The summed E-state index contributed by atoms with van der Waals surface area (Å²) < 4.78 is 29.7. The van der Waals surface area contributed by atoms with Gasteiger partial charge < -0.3 is 48.6 Å². The average molecular weight is 678 g/mol. The first-order valence-electron chi connectivity index (χ1n) is 15.9. The second-order valence-electron chi connectivity index (χ2n) is 11.5. The highest BCUT2D eigenvalue weighted by Crippen LogP contribution is 2.42. The summed E-state index contributed by atoms with van der Waals surface area (Å²) in [4.78, 5) is 37.8. The number of hydrogen-bond acceptors (Lipinski definition) is 10. The SMILES string of the molecule is CN(C)c1ccc2c(-c3ccc(C(=O)NCCOCCOCCOCCOCCC(=O)O)cc3C(=O)[O-])c3ccc(=[N+](C)C)cc-3oc2c1. The molecule has 49 heavy (non-hydrogen) atoms. The van der Waals surface area contributed by atoms with Crippen molar-refractivity contribution in [2.45, 2.75) is 6.42 Å². The van der Waals surface area contributed by atoms with E-state index in [4.69, 9.17) is 28.5 Å². The van der Waals surface area contributed by atoms with Crippen LogP contribution >= 0.6 is 0 Å². The number of carboxylic acid groups (broad SMARTS) is 2. The van der Waals surface area contributed by atoms with Crippen molar-refractivity contribution >= 4 is 34.5 Å². The van der Waals surface area contributed by atoms with Crippen LogP contribution in [-0.4, -0.2) is 111 Å². The van der Waals surface area contributed by atoms with Gasteiger partial charge in [-0.05, 0) is 35.9 Å². The van der Waals surface area contributed by atoms with Gasteiger partial charge in [0.15, 0.2) is 0 Å². The lowest BCUT2D eigenvalue weighted by atomic mass is 9.89. The van der Waals surface area contributed by atoms with Crippen LogP contribution in [0.2, 0.25) is 0 Å². The summed E-state index contributed by atoms with van der Waals surface area (Å²) in [6, 6.07) is 16.1. The van der Waals surface area contributed by atoms with Crippen molar-refractivity contribution < 1.29 is 48.0 Å². The summed E-state index contributed by atoms with van der Waals surface area (Å²) in [6.45, 7) is 2.64. The molecule has 1 aliphatic carbocycles. The van der Waals surface area contributed by atoms with Gasteiger partial charge in [-0.15, -0.1) is 0 Å². The van der Waals surface area contributed by atoms with Crippen molar-refractivity contribution in [1.82, 2.24) is 9.89 Å². The quantitative estimate of drug-likeness (QED) is 0.0848. The van der Waals surface area contributed by atoms with Crippen molar-refractivity contribution in [3.8, 4) is 22.5 Å². The molecule has 0 radical (unpaired) electrons. The number of rotatable bonds is 19. The van der Waals surface area contributed by atoms with Gasteiger partial charge in [-0.3, -0.25) is 9.59 Å². The van der Waals surface area contributed by atoms with E-state index < -0.39 is 17.8 Å². The summed E-state index contributed by atoms with van der Waals surface area (Å²) >= 11 is 0. The number of nitrogens with zero attached hydrogens (tertiary/aromatic N) is 2. The predicted molar refractivity (Wildman–Crippen MR) is 182 cm³/mol. The number of aromatic carboxylic acids is 1. The van der Waals surface area contributed by atoms with E-state index in [9.17, 15) is 19.5 Å². The molecule has 0 spiro atoms. The normalized spacial score (nSPS) is 11.2. The molecule has 0 aromatic heterocycles. The molecule has 2 aromatic rings. The van der Waals surface area contributed by atoms with Crippen LogP contribution < -0.4 is 25.3 Å². The molecule has 2 aliphatic rings. The molecule has 0 fully saturated rings. The summed E-state index contributed by atoms with van der Waals surface area (Å²) in [7, 11) is 7.73. The molecule has 1 aliphatic heterocycles. The molecule has 1 amide bonds. The molecule has 13 heteroatoms. The highest BCUT2D eigenvalue weighted by atomic mass is 16.6. The van der Waals surface area contributed by atoms with Crippen LogP contribution in [0, 0.1) is 0 Å². The first-order chi connectivity index (χ1) is 23.6. The fourth-order valence-corrected chi connectivity index (χ4v) is 5.05. The number of amides is 1. The van der Waals surface area contributed by atoms with Crippen molar-refractivity contribution in [2.75, 3.05) is 92.5 Å². The lowest BCUT2D eigenvalue weighted by Crippen LogP contribution is -2.29. The molecule has 0 bridgehead atoms. The summed E-state index contributed by atoms with van der Waals surface area (Å²) in [5.41, 5.74) is 3.39. The van der Waals surface area contributed by atoms with Crippen molar-refractivity contribution in [3.63, 3.8) is 0 Å². The summed E-state index contributed by atoms with van der Waals surface area (Å²) in [5.74, 6) is -2.16. The Kier molecular flexibility index (Phi) is 13.7. The molecule has 0 saturated carbocycles. The highest BCUT2D eigenvalue weighted by Gasteiger charge is 2.22. The summed E-state index contributed by atoms with van der Waals surface area (Å²) in [5, 5.41) is 25.5. The monoisotopic (exact) mass is 677 g/mol. The fraction of sp³-hybridized carbons (Fsp3) is 0.389. The number of hydrogen-bond donors (Lipinski definition) is 2. The number of fused-ring (bicyclic) bond motifs is 2. The van der Waals surface area contributed by atoms with Crippen LogP contribution in [0.5, 0.6) is 0 Å². The maximum Gasteiger partial charge on any atom is 0.305 e. The van der Waals surface area contributed by atoms with E-state index in [1.165, 1.54) is 6.07 Å². The number of nitrogens with one attached hydrogen (secondary N) is 1. The molecule has 1 heterocycles. The lowest BCUT2D eigenvalue weighted by Gasteiger charge is -2.20. The van der Waals surface area contributed by atoms with E-state index in [2.05, 4.69) is 5.32 Å². The van der Waals surface area contributed by atoms with Crippen molar-refractivity contribution in [1.29, 1.82) is 0 Å². The zero-order valence-corrected chi connectivity index (χ0v) is 28.3. The van der Waals surface area contributed by atoms with Gasteiger partial charge in [0.05, 0.1) is 71.3 Å². The smallest absolute Gasteiger partial charge is 0.305 e. The van der Waals surface area contributed by atoms with Crippen LogP contribution in [0.25, 0.3) is 33.4 Å². The van der Waals surface area contributed by atoms with Gasteiger partial charge in [0.1, 0.15) is 25.4 Å². The molecule has 0 saturated heterocycles.